The number of hydrogen-bond acceptors (Lipinski definition) is 3. The number of oxazole rings is 1. The van der Waals surface area contributed by atoms with Gasteiger partial charge in [0.05, 0.1) is 17.0 Å². The van der Waals surface area contributed by atoms with Crippen molar-refractivity contribution >= 4 is 55.1 Å². The Morgan fingerprint density at radius 2 is 2.04 bits per heavy atom. The highest BCUT2D eigenvalue weighted by atomic mass is 79.9. The number of fused-ring (bicyclic) bond motifs is 2. The second-order valence-corrected chi connectivity index (χ2v) is 7.57. The van der Waals surface area contributed by atoms with Gasteiger partial charge in [-0.15, -0.1) is 0 Å². The lowest BCUT2D eigenvalue weighted by Gasteiger charge is -2.08. The van der Waals surface area contributed by atoms with E-state index < -0.39 is 0 Å². The lowest BCUT2D eigenvalue weighted by molar-refractivity contribution is -0.110. The van der Waals surface area contributed by atoms with Crippen LogP contribution >= 0.6 is 31.9 Å². The van der Waals surface area contributed by atoms with Crippen LogP contribution in [0.25, 0.3) is 11.6 Å². The van der Waals surface area contributed by atoms with E-state index in [2.05, 4.69) is 42.2 Å². The number of aryl methyl sites for hydroxylation is 2. The second-order valence-electron chi connectivity index (χ2n) is 5.86. The number of carbonyl (C=O) groups excluding carboxylic acids is 1. The number of amides is 1. The van der Waals surface area contributed by atoms with Crippen molar-refractivity contribution in [1.29, 1.82) is 0 Å². The zero-order chi connectivity index (χ0) is 16.1. The van der Waals surface area contributed by atoms with E-state index in [0.717, 1.165) is 62.9 Å². The van der Waals surface area contributed by atoms with Gasteiger partial charge in [0.1, 0.15) is 5.76 Å². The first kappa shape index (κ1) is 15.1. The minimum absolute atomic E-state index is 0.127. The van der Waals surface area contributed by atoms with E-state index in [-0.39, 0.29) is 5.91 Å². The zero-order valence-corrected chi connectivity index (χ0v) is 15.7. The predicted octanol–water partition coefficient (Wildman–Crippen LogP) is 4.88. The molecule has 6 heteroatoms. The maximum absolute atomic E-state index is 12.4. The summed E-state index contributed by atoms with van der Waals surface area (Å²) >= 11 is 7.05. The molecule has 0 saturated carbocycles. The van der Waals surface area contributed by atoms with E-state index in [1.807, 2.05) is 13.0 Å². The first-order chi connectivity index (χ1) is 11.0. The molecule has 118 valence electrons. The minimum Gasteiger partial charge on any atom is -0.441 e. The van der Waals surface area contributed by atoms with Gasteiger partial charge >= 0.3 is 0 Å². The molecule has 0 bridgehead atoms. The molecule has 1 amide bonds. The summed E-state index contributed by atoms with van der Waals surface area (Å²) in [5.41, 5.74) is 4.35. The van der Waals surface area contributed by atoms with Gasteiger partial charge < -0.3 is 9.73 Å². The van der Waals surface area contributed by atoms with E-state index in [9.17, 15) is 4.79 Å². The summed E-state index contributed by atoms with van der Waals surface area (Å²) in [5, 5.41) is 2.92. The number of rotatable bonds is 1. The Hall–Kier alpha value is -1.40. The van der Waals surface area contributed by atoms with Gasteiger partial charge in [-0.05, 0) is 53.7 Å². The molecule has 1 aromatic carbocycles. The molecule has 1 aromatic heterocycles. The Bertz CT molecular complexity index is 844. The molecule has 23 heavy (non-hydrogen) atoms. The molecule has 0 saturated heterocycles. The maximum Gasteiger partial charge on any atom is 0.256 e. The molecule has 0 spiro atoms. The summed E-state index contributed by atoms with van der Waals surface area (Å²) in [6.45, 7) is 1.99. The van der Waals surface area contributed by atoms with E-state index in [4.69, 9.17) is 4.42 Å². The SMILES string of the molecule is Cc1c(Br)cc(Br)c2c1C(=Cc1nc3c(o1)CCCC3)C(=O)N2. The first-order valence-electron chi connectivity index (χ1n) is 7.55. The van der Waals surface area contributed by atoms with Crippen LogP contribution in [0.15, 0.2) is 19.4 Å². The molecule has 1 aliphatic carbocycles. The summed E-state index contributed by atoms with van der Waals surface area (Å²) in [6.07, 6.45) is 5.94. The largest absolute Gasteiger partial charge is 0.441 e. The summed E-state index contributed by atoms with van der Waals surface area (Å²) in [6, 6.07) is 1.95. The highest BCUT2D eigenvalue weighted by Crippen LogP contribution is 2.43. The summed E-state index contributed by atoms with van der Waals surface area (Å²) in [4.78, 5) is 17.0. The number of anilines is 1. The normalized spacial score (nSPS) is 18.0. The summed E-state index contributed by atoms with van der Waals surface area (Å²) in [7, 11) is 0. The quantitative estimate of drug-likeness (QED) is 0.646. The number of aromatic nitrogens is 1. The third-order valence-corrected chi connectivity index (χ3v) is 5.81. The Labute approximate surface area is 150 Å². The van der Waals surface area contributed by atoms with Crippen LogP contribution in [0.4, 0.5) is 5.69 Å². The maximum atomic E-state index is 12.4. The van der Waals surface area contributed by atoms with Gasteiger partial charge in [-0.3, -0.25) is 4.79 Å². The lowest BCUT2D eigenvalue weighted by Crippen LogP contribution is -2.03. The standard InChI is InChI=1S/C17H14Br2N2O2/c1-8-10(18)7-11(19)16-15(8)9(17(22)21-16)6-14-20-12-4-2-3-5-13(12)23-14/h6-7H,2-5H2,1H3,(H,21,22). The first-order valence-corrected chi connectivity index (χ1v) is 9.14. The van der Waals surface area contributed by atoms with Crippen molar-refractivity contribution in [3.05, 3.63) is 43.5 Å². The van der Waals surface area contributed by atoms with Crippen molar-refractivity contribution < 1.29 is 9.21 Å². The fourth-order valence-electron chi connectivity index (χ4n) is 3.17. The third-order valence-electron chi connectivity index (χ3n) is 4.36. The summed E-state index contributed by atoms with van der Waals surface area (Å²) < 4.78 is 7.65. The average molecular weight is 438 g/mol. The third kappa shape index (κ3) is 2.48. The van der Waals surface area contributed by atoms with Crippen molar-refractivity contribution in [3.8, 4) is 0 Å². The number of hydrogen-bond donors (Lipinski definition) is 1. The fraction of sp³-hybridized carbons (Fsp3) is 0.294. The fourth-order valence-corrected chi connectivity index (χ4v) is 4.43. The number of halogens is 2. The molecule has 0 unspecified atom stereocenters. The molecular weight excluding hydrogens is 424 g/mol. The van der Waals surface area contributed by atoms with Gasteiger partial charge in [-0.2, -0.15) is 0 Å². The van der Waals surface area contributed by atoms with Crippen LogP contribution in [0.2, 0.25) is 0 Å². The Balaban J connectivity index is 1.84. The minimum atomic E-state index is -0.127. The molecule has 2 aromatic rings. The van der Waals surface area contributed by atoms with Gasteiger partial charge in [0.25, 0.3) is 5.91 Å². The van der Waals surface area contributed by atoms with Crippen LogP contribution in [-0.4, -0.2) is 10.9 Å². The molecule has 0 fully saturated rings. The van der Waals surface area contributed by atoms with Gasteiger partial charge in [-0.25, -0.2) is 4.98 Å². The van der Waals surface area contributed by atoms with Crippen LogP contribution in [-0.2, 0) is 17.6 Å². The van der Waals surface area contributed by atoms with Gasteiger partial charge in [0, 0.05) is 27.0 Å². The Kier molecular flexibility index (Phi) is 3.69. The molecule has 0 atom stereocenters. The van der Waals surface area contributed by atoms with Crippen LogP contribution < -0.4 is 5.32 Å². The number of carbonyl (C=O) groups is 1. The molecule has 0 radical (unpaired) electrons. The van der Waals surface area contributed by atoms with Crippen molar-refractivity contribution in [2.75, 3.05) is 5.32 Å². The molecule has 4 rings (SSSR count). The van der Waals surface area contributed by atoms with Crippen LogP contribution in [0.1, 0.15) is 41.3 Å². The van der Waals surface area contributed by atoms with Crippen molar-refractivity contribution in [2.45, 2.75) is 32.6 Å². The van der Waals surface area contributed by atoms with E-state index in [1.54, 1.807) is 6.08 Å². The molecule has 4 nitrogen and oxygen atoms in total. The summed E-state index contributed by atoms with van der Waals surface area (Å²) in [5.74, 6) is 1.36. The van der Waals surface area contributed by atoms with Gasteiger partial charge in [-0.1, -0.05) is 15.9 Å². The molecule has 2 heterocycles. The monoisotopic (exact) mass is 436 g/mol. The van der Waals surface area contributed by atoms with Crippen molar-refractivity contribution in [1.82, 2.24) is 4.98 Å². The average Bonchev–Trinajstić information content (AvgIpc) is 3.07. The van der Waals surface area contributed by atoms with Gasteiger partial charge in [0.15, 0.2) is 0 Å². The lowest BCUT2D eigenvalue weighted by atomic mass is 10.0. The predicted molar refractivity (Wildman–Crippen MR) is 96.2 cm³/mol. The van der Waals surface area contributed by atoms with Crippen LogP contribution in [0.3, 0.4) is 0 Å². The topological polar surface area (TPSA) is 55.1 Å². The van der Waals surface area contributed by atoms with E-state index in [0.29, 0.717) is 11.5 Å². The van der Waals surface area contributed by atoms with Crippen molar-refractivity contribution in [2.24, 2.45) is 0 Å². The number of benzene rings is 1. The second kappa shape index (κ2) is 5.60. The van der Waals surface area contributed by atoms with Gasteiger partial charge in [0.2, 0.25) is 5.89 Å². The highest BCUT2D eigenvalue weighted by molar-refractivity contribution is 9.11. The van der Waals surface area contributed by atoms with Crippen LogP contribution in [0.5, 0.6) is 0 Å². The molecule has 1 aliphatic heterocycles. The molecule has 1 N–H and O–H groups in total. The zero-order valence-electron chi connectivity index (χ0n) is 12.5. The Morgan fingerprint density at radius 3 is 2.83 bits per heavy atom. The van der Waals surface area contributed by atoms with Crippen molar-refractivity contribution in [3.63, 3.8) is 0 Å². The van der Waals surface area contributed by atoms with E-state index >= 15 is 0 Å². The molecule has 2 aliphatic rings. The molecular formula is C17H14Br2N2O2. The number of nitrogens with one attached hydrogen (secondary N) is 1. The van der Waals surface area contributed by atoms with Crippen LogP contribution in [0, 0.1) is 6.92 Å². The van der Waals surface area contributed by atoms with E-state index in [1.165, 1.54) is 0 Å². The Morgan fingerprint density at radius 1 is 1.26 bits per heavy atom. The number of nitrogens with zero attached hydrogens (tertiary/aromatic N) is 1. The highest BCUT2D eigenvalue weighted by Gasteiger charge is 2.30. The smallest absolute Gasteiger partial charge is 0.256 e.